The summed E-state index contributed by atoms with van der Waals surface area (Å²) in [4.78, 5) is 11.3. The van der Waals surface area contributed by atoms with Crippen LogP contribution in [0.5, 0.6) is 0 Å². The van der Waals surface area contributed by atoms with Crippen LogP contribution in [-0.2, 0) is 9.53 Å². The smallest absolute Gasteiger partial charge is 0.191 e. The van der Waals surface area contributed by atoms with E-state index in [9.17, 15) is 4.79 Å². The highest BCUT2D eigenvalue weighted by atomic mass is 16.5. The Morgan fingerprint density at radius 3 is 2.69 bits per heavy atom. The molecule has 1 unspecified atom stereocenters. The molecule has 0 aromatic rings. The summed E-state index contributed by atoms with van der Waals surface area (Å²) in [5.74, 6) is -1.17. The Bertz CT molecular complexity index is 254. The van der Waals surface area contributed by atoms with Crippen molar-refractivity contribution in [1.82, 2.24) is 0 Å². The Kier molecular flexibility index (Phi) is 3.42. The Morgan fingerprint density at radius 2 is 2.23 bits per heavy atom. The Hall–Kier alpha value is -1.39. The van der Waals surface area contributed by atoms with Crippen LogP contribution in [0.2, 0.25) is 0 Å². The van der Waals surface area contributed by atoms with Crippen molar-refractivity contribution in [3.63, 3.8) is 0 Å². The lowest BCUT2D eigenvalue weighted by Gasteiger charge is -2.05. The summed E-state index contributed by atoms with van der Waals surface area (Å²) in [6.45, 7) is 1.26. The minimum Gasteiger partial charge on any atom is -0.381 e. The third kappa shape index (κ3) is 2.54. The highest BCUT2D eigenvalue weighted by Crippen LogP contribution is 2.18. The Labute approximate surface area is 76.7 Å². The molecule has 0 aromatic carbocycles. The summed E-state index contributed by atoms with van der Waals surface area (Å²) in [5, 5.41) is 16.9. The molecule has 0 saturated carbocycles. The number of nitrogens with zero attached hydrogens (tertiary/aromatic N) is 2. The van der Waals surface area contributed by atoms with Gasteiger partial charge in [-0.15, -0.1) is 0 Å². The average molecular weight is 178 g/mol. The lowest BCUT2D eigenvalue weighted by molar-refractivity contribution is -0.120. The van der Waals surface area contributed by atoms with Gasteiger partial charge in [0.05, 0.1) is 12.1 Å². The molecule has 1 rings (SSSR count). The number of Topliss-reactive ketones (excluding diaryl/α,β-unsaturated/α-hetero) is 1. The molecule has 0 aliphatic carbocycles. The van der Waals surface area contributed by atoms with Gasteiger partial charge < -0.3 is 4.74 Å². The van der Waals surface area contributed by atoms with Crippen LogP contribution in [0.15, 0.2) is 0 Å². The van der Waals surface area contributed by atoms with Gasteiger partial charge in [0.1, 0.15) is 0 Å². The second-order valence-corrected chi connectivity index (χ2v) is 3.09. The number of carbonyl (C=O) groups excluding carboxylic acids is 1. The monoisotopic (exact) mass is 178 g/mol. The van der Waals surface area contributed by atoms with Gasteiger partial charge in [-0.2, -0.15) is 10.5 Å². The topological polar surface area (TPSA) is 73.9 Å². The zero-order valence-corrected chi connectivity index (χ0v) is 7.19. The van der Waals surface area contributed by atoms with Gasteiger partial charge in [-0.25, -0.2) is 0 Å². The maximum atomic E-state index is 11.3. The van der Waals surface area contributed by atoms with E-state index in [1.165, 1.54) is 0 Å². The molecule has 1 aliphatic rings. The number of ether oxygens (including phenoxy) is 1. The highest BCUT2D eigenvalue weighted by Gasteiger charge is 2.24. The summed E-state index contributed by atoms with van der Waals surface area (Å²) in [6.07, 6.45) is 1.15. The van der Waals surface area contributed by atoms with E-state index < -0.39 is 5.92 Å². The molecule has 1 fully saturated rings. The zero-order chi connectivity index (χ0) is 9.68. The largest absolute Gasteiger partial charge is 0.381 e. The average Bonchev–Trinajstić information content (AvgIpc) is 2.59. The normalized spacial score (nSPS) is 21.0. The number of carbonyl (C=O) groups is 1. The molecule has 1 saturated heterocycles. The zero-order valence-electron chi connectivity index (χ0n) is 7.19. The number of ketones is 1. The van der Waals surface area contributed by atoms with Gasteiger partial charge in [0.25, 0.3) is 0 Å². The Morgan fingerprint density at radius 1 is 1.54 bits per heavy atom. The molecule has 68 valence electrons. The molecule has 0 amide bonds. The van der Waals surface area contributed by atoms with Crippen LogP contribution in [0, 0.1) is 34.5 Å². The van der Waals surface area contributed by atoms with Crippen molar-refractivity contribution in [2.75, 3.05) is 13.2 Å². The summed E-state index contributed by atoms with van der Waals surface area (Å²) in [7, 11) is 0. The minimum atomic E-state index is -1.10. The SMILES string of the molecule is N#CC(C#N)C(=O)CC1CCOC1. The summed E-state index contributed by atoms with van der Waals surface area (Å²) in [5.41, 5.74) is 0. The molecule has 1 aliphatic heterocycles. The van der Waals surface area contributed by atoms with Crippen molar-refractivity contribution in [3.8, 4) is 12.1 Å². The van der Waals surface area contributed by atoms with Crippen molar-refractivity contribution in [1.29, 1.82) is 10.5 Å². The van der Waals surface area contributed by atoms with E-state index in [0.29, 0.717) is 19.6 Å². The first-order chi connectivity index (χ1) is 6.27. The molecular formula is C9H10N2O2. The van der Waals surface area contributed by atoms with Crippen molar-refractivity contribution in [2.24, 2.45) is 11.8 Å². The van der Waals surface area contributed by atoms with Crippen LogP contribution >= 0.6 is 0 Å². The molecular weight excluding hydrogens is 168 g/mol. The fraction of sp³-hybridized carbons (Fsp3) is 0.667. The Balaban J connectivity index is 2.41. The fourth-order valence-corrected chi connectivity index (χ4v) is 1.32. The molecule has 0 spiro atoms. The molecule has 0 bridgehead atoms. The van der Waals surface area contributed by atoms with Crippen molar-refractivity contribution >= 4 is 5.78 Å². The second kappa shape index (κ2) is 4.59. The lowest BCUT2D eigenvalue weighted by atomic mass is 9.95. The van der Waals surface area contributed by atoms with E-state index in [1.54, 1.807) is 12.1 Å². The van der Waals surface area contributed by atoms with Crippen LogP contribution in [0.1, 0.15) is 12.8 Å². The minimum absolute atomic E-state index is 0.205. The first-order valence-electron chi connectivity index (χ1n) is 4.17. The van der Waals surface area contributed by atoms with E-state index in [0.717, 1.165) is 6.42 Å². The van der Waals surface area contributed by atoms with Gasteiger partial charge in [0.15, 0.2) is 11.7 Å². The summed E-state index contributed by atoms with van der Waals surface area (Å²) in [6, 6.07) is 3.35. The van der Waals surface area contributed by atoms with Crippen molar-refractivity contribution in [2.45, 2.75) is 12.8 Å². The van der Waals surface area contributed by atoms with Gasteiger partial charge in [-0.05, 0) is 12.3 Å². The van der Waals surface area contributed by atoms with E-state index >= 15 is 0 Å². The molecule has 0 radical (unpaired) electrons. The maximum Gasteiger partial charge on any atom is 0.191 e. The molecule has 1 atom stereocenters. The molecule has 4 nitrogen and oxygen atoms in total. The van der Waals surface area contributed by atoms with E-state index in [-0.39, 0.29) is 11.7 Å². The van der Waals surface area contributed by atoms with Gasteiger partial charge in [0, 0.05) is 19.6 Å². The predicted molar refractivity (Wildman–Crippen MR) is 43.3 cm³/mol. The van der Waals surface area contributed by atoms with Gasteiger partial charge in [0.2, 0.25) is 0 Å². The molecule has 4 heteroatoms. The summed E-state index contributed by atoms with van der Waals surface area (Å²) >= 11 is 0. The lowest BCUT2D eigenvalue weighted by Crippen LogP contribution is -2.15. The third-order valence-electron chi connectivity index (χ3n) is 2.09. The van der Waals surface area contributed by atoms with Crippen LogP contribution in [0.4, 0.5) is 0 Å². The molecule has 1 heterocycles. The first-order valence-corrected chi connectivity index (χ1v) is 4.17. The number of hydrogen-bond donors (Lipinski definition) is 0. The highest BCUT2D eigenvalue weighted by molar-refractivity contribution is 5.85. The number of rotatable bonds is 3. The van der Waals surface area contributed by atoms with Crippen LogP contribution < -0.4 is 0 Å². The van der Waals surface area contributed by atoms with E-state index in [4.69, 9.17) is 15.3 Å². The van der Waals surface area contributed by atoms with Crippen LogP contribution in [-0.4, -0.2) is 19.0 Å². The summed E-state index contributed by atoms with van der Waals surface area (Å²) < 4.78 is 5.09. The molecule has 0 N–H and O–H groups in total. The van der Waals surface area contributed by atoms with E-state index in [1.807, 2.05) is 0 Å². The fourth-order valence-electron chi connectivity index (χ4n) is 1.32. The van der Waals surface area contributed by atoms with Gasteiger partial charge in [-0.1, -0.05) is 0 Å². The standard InChI is InChI=1S/C9H10N2O2/c10-4-8(5-11)9(12)3-7-1-2-13-6-7/h7-8H,1-3,6H2. The molecule has 13 heavy (non-hydrogen) atoms. The number of nitriles is 2. The number of hydrogen-bond acceptors (Lipinski definition) is 4. The van der Waals surface area contributed by atoms with Crippen LogP contribution in [0.25, 0.3) is 0 Å². The van der Waals surface area contributed by atoms with Gasteiger partial charge in [-0.3, -0.25) is 4.79 Å². The van der Waals surface area contributed by atoms with Crippen molar-refractivity contribution in [3.05, 3.63) is 0 Å². The second-order valence-electron chi connectivity index (χ2n) is 3.09. The van der Waals surface area contributed by atoms with Gasteiger partial charge >= 0.3 is 0 Å². The predicted octanol–water partition coefficient (Wildman–Crippen LogP) is 0.645. The molecule has 0 aromatic heterocycles. The quantitative estimate of drug-likeness (QED) is 0.635. The van der Waals surface area contributed by atoms with Crippen LogP contribution in [0.3, 0.4) is 0 Å². The van der Waals surface area contributed by atoms with Crippen molar-refractivity contribution < 1.29 is 9.53 Å². The van der Waals surface area contributed by atoms with E-state index in [2.05, 4.69) is 0 Å². The maximum absolute atomic E-state index is 11.3. The first kappa shape index (κ1) is 9.70. The third-order valence-corrected chi connectivity index (χ3v) is 2.09.